The van der Waals surface area contributed by atoms with Crippen LogP contribution in [0.25, 0.3) is 0 Å². The number of thiocarbonyl (C=S) groups is 1. The summed E-state index contributed by atoms with van der Waals surface area (Å²) in [6.07, 6.45) is -3.24. The molecule has 0 bridgehead atoms. The van der Waals surface area contributed by atoms with Crippen molar-refractivity contribution in [2.45, 2.75) is 31.0 Å². The van der Waals surface area contributed by atoms with Crippen LogP contribution in [-0.4, -0.2) is 34.6 Å². The number of halogens is 3. The zero-order chi connectivity index (χ0) is 24.1. The molecule has 2 N–H and O–H groups in total. The summed E-state index contributed by atoms with van der Waals surface area (Å²) < 4.78 is 40.5. The van der Waals surface area contributed by atoms with Gasteiger partial charge in [-0.3, -0.25) is 14.5 Å². The highest BCUT2D eigenvalue weighted by molar-refractivity contribution is 7.81. The lowest BCUT2D eigenvalue weighted by Gasteiger charge is -2.43. The molecule has 2 aromatic rings. The Hall–Kier alpha value is -3.65. The van der Waals surface area contributed by atoms with Crippen LogP contribution < -0.4 is 15.1 Å². The first-order valence-electron chi connectivity index (χ1n) is 9.90. The van der Waals surface area contributed by atoms with Crippen molar-refractivity contribution in [2.75, 3.05) is 16.8 Å². The number of alkyl halides is 3. The van der Waals surface area contributed by atoms with Gasteiger partial charge >= 0.3 is 6.18 Å². The third kappa shape index (κ3) is 3.38. The van der Waals surface area contributed by atoms with Crippen molar-refractivity contribution >= 4 is 40.5 Å². The lowest BCUT2D eigenvalue weighted by molar-refractivity contribution is -0.137. The molecule has 1 saturated carbocycles. The zero-order valence-electron chi connectivity index (χ0n) is 17.2. The molecule has 2 fully saturated rings. The van der Waals surface area contributed by atoms with Gasteiger partial charge in [-0.1, -0.05) is 0 Å². The van der Waals surface area contributed by atoms with Gasteiger partial charge < -0.3 is 15.3 Å². The Labute approximate surface area is 192 Å². The number of rotatable bonds is 3. The summed E-state index contributed by atoms with van der Waals surface area (Å²) in [5.41, 5.74) is -2.55. The van der Waals surface area contributed by atoms with E-state index in [9.17, 15) is 27.9 Å². The Morgan fingerprint density at radius 2 is 1.88 bits per heavy atom. The summed E-state index contributed by atoms with van der Waals surface area (Å²) in [6.45, 7) is 0. The molecule has 1 spiro atoms. The molecule has 33 heavy (non-hydrogen) atoms. The molecular weight excluding hydrogens is 457 g/mol. The molecule has 2 aromatic carbocycles. The summed E-state index contributed by atoms with van der Waals surface area (Å²) in [5.74, 6) is -1.31. The molecule has 0 atom stereocenters. The monoisotopic (exact) mass is 474 g/mol. The Kier molecular flexibility index (Phi) is 5.29. The van der Waals surface area contributed by atoms with Crippen LogP contribution in [0, 0.1) is 11.3 Å². The van der Waals surface area contributed by atoms with E-state index in [1.165, 1.54) is 42.3 Å². The minimum absolute atomic E-state index is 0.0270. The van der Waals surface area contributed by atoms with Crippen LogP contribution in [0.4, 0.5) is 24.5 Å². The largest absolute Gasteiger partial charge is 0.507 e. The van der Waals surface area contributed by atoms with E-state index in [2.05, 4.69) is 5.32 Å². The van der Waals surface area contributed by atoms with E-state index in [0.29, 0.717) is 24.9 Å². The molecule has 0 aromatic heterocycles. The Balaban J connectivity index is 1.80. The first-order chi connectivity index (χ1) is 15.5. The van der Waals surface area contributed by atoms with E-state index < -0.39 is 34.7 Å². The van der Waals surface area contributed by atoms with Gasteiger partial charge in [-0.2, -0.15) is 18.4 Å². The number of carbonyl (C=O) groups excluding carboxylic acids is 2. The number of carbonyl (C=O) groups is 2. The molecular formula is C22H17F3N4O3S. The Morgan fingerprint density at radius 1 is 1.21 bits per heavy atom. The van der Waals surface area contributed by atoms with Gasteiger partial charge in [0.2, 0.25) is 0 Å². The van der Waals surface area contributed by atoms with Crippen LogP contribution >= 0.6 is 12.2 Å². The summed E-state index contributed by atoms with van der Waals surface area (Å²) in [5, 5.41) is 21.8. The number of aromatic hydroxyl groups is 1. The van der Waals surface area contributed by atoms with Crippen LogP contribution in [0.2, 0.25) is 0 Å². The number of anilines is 2. The summed E-state index contributed by atoms with van der Waals surface area (Å²) >= 11 is 5.52. The van der Waals surface area contributed by atoms with Crippen molar-refractivity contribution in [1.82, 2.24) is 5.32 Å². The van der Waals surface area contributed by atoms with Gasteiger partial charge in [0.05, 0.1) is 28.4 Å². The standard InChI is InChI=1S/C22H17F3N4O3S/c1-27-18(31)15-6-5-14(10-17(15)30)29-20(33)28(19(32)21(29)7-2-8-21)13-4-3-12(11-26)16(9-13)22(23,24)25/h3-6,9-10,30H,2,7-8H2,1H3,(H,27,31). The quantitative estimate of drug-likeness (QED) is 0.659. The number of phenols is 1. The number of nitrogens with zero attached hydrogens (tertiary/aromatic N) is 3. The minimum Gasteiger partial charge on any atom is -0.507 e. The maximum atomic E-state index is 13.5. The van der Waals surface area contributed by atoms with Crippen LogP contribution in [-0.2, 0) is 11.0 Å². The van der Waals surface area contributed by atoms with Crippen LogP contribution in [0.15, 0.2) is 36.4 Å². The second-order valence-corrected chi connectivity index (χ2v) is 8.13. The third-order valence-electron chi connectivity index (χ3n) is 5.99. The zero-order valence-corrected chi connectivity index (χ0v) is 18.0. The average molecular weight is 474 g/mol. The molecule has 4 rings (SSSR count). The highest BCUT2D eigenvalue weighted by atomic mass is 32.1. The Bertz CT molecular complexity index is 1230. The molecule has 170 valence electrons. The third-order valence-corrected chi connectivity index (χ3v) is 6.36. The lowest BCUT2D eigenvalue weighted by atomic mass is 9.75. The van der Waals surface area contributed by atoms with Gasteiger partial charge in [0.15, 0.2) is 5.11 Å². The van der Waals surface area contributed by atoms with Crippen LogP contribution in [0.3, 0.4) is 0 Å². The number of benzene rings is 2. The maximum Gasteiger partial charge on any atom is 0.417 e. The SMILES string of the molecule is CNC(=O)c1ccc(N2C(=S)N(c3ccc(C#N)c(C(F)(F)F)c3)C(=O)C23CCC3)cc1O. The first kappa shape index (κ1) is 22.5. The molecule has 2 aliphatic rings. The van der Waals surface area contributed by atoms with Gasteiger partial charge in [-0.05, 0) is 61.8 Å². The smallest absolute Gasteiger partial charge is 0.417 e. The molecule has 1 aliphatic heterocycles. The van der Waals surface area contributed by atoms with E-state index in [4.69, 9.17) is 17.5 Å². The fourth-order valence-corrected chi connectivity index (χ4v) is 4.67. The van der Waals surface area contributed by atoms with E-state index in [-0.39, 0.29) is 22.1 Å². The van der Waals surface area contributed by atoms with Gasteiger partial charge in [0, 0.05) is 18.8 Å². The average Bonchev–Trinajstić information content (AvgIpc) is 2.98. The van der Waals surface area contributed by atoms with Crippen molar-refractivity contribution in [2.24, 2.45) is 0 Å². The first-order valence-corrected chi connectivity index (χ1v) is 10.3. The second kappa shape index (κ2) is 7.74. The van der Waals surface area contributed by atoms with Crippen LogP contribution in [0.1, 0.15) is 40.7 Å². The van der Waals surface area contributed by atoms with Gasteiger partial charge in [0.1, 0.15) is 11.3 Å². The molecule has 1 saturated heterocycles. The van der Waals surface area contributed by atoms with Crippen LogP contribution in [0.5, 0.6) is 5.75 Å². The van der Waals surface area contributed by atoms with Crippen molar-refractivity contribution in [3.63, 3.8) is 0 Å². The molecule has 1 heterocycles. The Morgan fingerprint density at radius 3 is 2.39 bits per heavy atom. The predicted octanol–water partition coefficient (Wildman–Crippen LogP) is 3.70. The number of nitrogens with one attached hydrogen (secondary N) is 1. The van der Waals surface area contributed by atoms with Crippen molar-refractivity contribution in [3.05, 3.63) is 53.1 Å². The van der Waals surface area contributed by atoms with E-state index in [1.807, 2.05) is 0 Å². The topological polar surface area (TPSA) is 96.7 Å². The highest BCUT2D eigenvalue weighted by Crippen LogP contribution is 2.49. The normalized spacial score (nSPS) is 17.2. The van der Waals surface area contributed by atoms with E-state index >= 15 is 0 Å². The molecule has 1 aliphatic carbocycles. The van der Waals surface area contributed by atoms with Gasteiger partial charge in [-0.25, -0.2) is 0 Å². The lowest BCUT2D eigenvalue weighted by Crippen LogP contribution is -2.55. The van der Waals surface area contributed by atoms with Crippen molar-refractivity contribution < 1.29 is 27.9 Å². The molecule has 0 unspecified atom stereocenters. The summed E-state index contributed by atoms with van der Waals surface area (Å²) in [4.78, 5) is 27.9. The molecule has 11 heteroatoms. The van der Waals surface area contributed by atoms with Crippen molar-refractivity contribution in [3.8, 4) is 11.8 Å². The molecule has 2 amide bonds. The number of amides is 2. The maximum absolute atomic E-state index is 13.5. The van der Waals surface area contributed by atoms with E-state index in [1.54, 1.807) is 0 Å². The van der Waals surface area contributed by atoms with Gasteiger partial charge in [0.25, 0.3) is 11.8 Å². The highest BCUT2D eigenvalue weighted by Gasteiger charge is 2.59. The number of hydrogen-bond donors (Lipinski definition) is 2. The molecule has 0 radical (unpaired) electrons. The van der Waals surface area contributed by atoms with Gasteiger partial charge in [-0.15, -0.1) is 0 Å². The van der Waals surface area contributed by atoms with E-state index in [0.717, 1.165) is 17.0 Å². The second-order valence-electron chi connectivity index (χ2n) is 7.76. The number of nitriles is 1. The van der Waals surface area contributed by atoms with Crippen molar-refractivity contribution in [1.29, 1.82) is 5.26 Å². The number of phenolic OH excluding ortho intramolecular Hbond substituents is 1. The molecule has 7 nitrogen and oxygen atoms in total. The number of hydrogen-bond acceptors (Lipinski definition) is 5. The fourth-order valence-electron chi connectivity index (χ4n) is 4.20. The predicted molar refractivity (Wildman–Crippen MR) is 117 cm³/mol. The fraction of sp³-hybridized carbons (Fsp3) is 0.273. The summed E-state index contributed by atoms with van der Waals surface area (Å²) in [6, 6.07) is 8.72. The summed E-state index contributed by atoms with van der Waals surface area (Å²) in [7, 11) is 1.41. The minimum atomic E-state index is -4.79.